The third-order valence-corrected chi connectivity index (χ3v) is 3.85. The van der Waals surface area contributed by atoms with E-state index in [4.69, 9.17) is 5.73 Å². The van der Waals surface area contributed by atoms with Crippen LogP contribution in [0.25, 0.3) is 22.2 Å². The third kappa shape index (κ3) is 4.45. The quantitative estimate of drug-likeness (QED) is 0.616. The molecule has 1 aromatic heterocycles. The van der Waals surface area contributed by atoms with E-state index in [0.29, 0.717) is 0 Å². The zero-order valence-corrected chi connectivity index (χ0v) is 14.6. The largest absolute Gasteiger partial charge is 0.416 e. The normalized spacial score (nSPS) is 12.3. The Labute approximate surface area is 157 Å². The molecule has 9 heteroatoms. The highest BCUT2D eigenvalue weighted by atomic mass is 35.5. The van der Waals surface area contributed by atoms with Gasteiger partial charge in [0.1, 0.15) is 11.6 Å². The summed E-state index contributed by atoms with van der Waals surface area (Å²) in [5.41, 5.74) is 5.34. The van der Waals surface area contributed by atoms with Crippen molar-refractivity contribution in [1.29, 1.82) is 0 Å². The van der Waals surface area contributed by atoms with Crippen LogP contribution in [0, 0.1) is 5.82 Å². The molecule has 27 heavy (non-hydrogen) atoms. The summed E-state index contributed by atoms with van der Waals surface area (Å²) in [4.78, 5) is 4.13. The van der Waals surface area contributed by atoms with E-state index < -0.39 is 23.4 Å². The summed E-state index contributed by atoms with van der Waals surface area (Å²) in [6.07, 6.45) is -2.03. The standard InChI is InChI=1S/C18H14F5N3.ClH/c19-13(4-5-24)9-26-10-25-17-15(7-14(20)8-16(17)26)11-2-1-3-12(6-11)18(21,22)23;/h1-4,6-8,10H,5,9,24H2;1H/b13-4-;. The van der Waals surface area contributed by atoms with Crippen molar-refractivity contribution in [3.05, 3.63) is 66.0 Å². The lowest BCUT2D eigenvalue weighted by Crippen LogP contribution is -2.04. The lowest BCUT2D eigenvalue weighted by molar-refractivity contribution is -0.137. The Morgan fingerprint density at radius 1 is 1.19 bits per heavy atom. The number of hydrogen-bond donors (Lipinski definition) is 1. The first-order valence-corrected chi connectivity index (χ1v) is 7.66. The number of imidazole rings is 1. The third-order valence-electron chi connectivity index (χ3n) is 3.85. The zero-order chi connectivity index (χ0) is 18.9. The molecule has 2 aromatic carbocycles. The van der Waals surface area contributed by atoms with Crippen LogP contribution in [-0.2, 0) is 12.7 Å². The van der Waals surface area contributed by atoms with Crippen LogP contribution in [0.15, 0.2) is 54.6 Å². The lowest BCUT2D eigenvalue weighted by atomic mass is 10.0. The van der Waals surface area contributed by atoms with Gasteiger partial charge in [-0.1, -0.05) is 12.1 Å². The molecule has 2 N–H and O–H groups in total. The number of alkyl halides is 3. The number of nitrogens with zero attached hydrogens (tertiary/aromatic N) is 2. The highest BCUT2D eigenvalue weighted by Crippen LogP contribution is 2.34. The molecule has 0 fully saturated rings. The number of fused-ring (bicyclic) bond motifs is 1. The van der Waals surface area contributed by atoms with E-state index in [9.17, 15) is 22.0 Å². The van der Waals surface area contributed by atoms with Gasteiger partial charge in [0.25, 0.3) is 0 Å². The van der Waals surface area contributed by atoms with Gasteiger partial charge in [0.05, 0.1) is 29.5 Å². The molecule has 0 saturated carbocycles. The molecule has 0 aliphatic rings. The Morgan fingerprint density at radius 3 is 2.59 bits per heavy atom. The number of aromatic nitrogens is 2. The van der Waals surface area contributed by atoms with Crippen LogP contribution in [0.4, 0.5) is 22.0 Å². The smallest absolute Gasteiger partial charge is 0.327 e. The van der Waals surface area contributed by atoms with E-state index in [1.807, 2.05) is 0 Å². The average Bonchev–Trinajstić information content (AvgIpc) is 2.96. The second-order valence-corrected chi connectivity index (χ2v) is 5.66. The van der Waals surface area contributed by atoms with Crippen molar-refractivity contribution < 1.29 is 22.0 Å². The van der Waals surface area contributed by atoms with Gasteiger partial charge < -0.3 is 10.3 Å². The summed E-state index contributed by atoms with van der Waals surface area (Å²) in [6.45, 7) is -0.179. The number of rotatable bonds is 4. The van der Waals surface area contributed by atoms with Crippen molar-refractivity contribution in [3.8, 4) is 11.1 Å². The Morgan fingerprint density at radius 2 is 1.93 bits per heavy atom. The summed E-state index contributed by atoms with van der Waals surface area (Å²) >= 11 is 0. The van der Waals surface area contributed by atoms with Gasteiger partial charge in [-0.3, -0.25) is 0 Å². The van der Waals surface area contributed by atoms with Crippen molar-refractivity contribution in [3.63, 3.8) is 0 Å². The lowest BCUT2D eigenvalue weighted by Gasteiger charge is -2.10. The molecule has 0 bridgehead atoms. The average molecular weight is 404 g/mol. The summed E-state index contributed by atoms with van der Waals surface area (Å²) in [5, 5.41) is 0. The van der Waals surface area contributed by atoms with Crippen LogP contribution in [-0.4, -0.2) is 16.1 Å². The molecule has 1 heterocycles. The Balaban J connectivity index is 0.00000261. The zero-order valence-electron chi connectivity index (χ0n) is 13.8. The molecular weight excluding hydrogens is 389 g/mol. The molecule has 0 saturated heterocycles. The highest BCUT2D eigenvalue weighted by Gasteiger charge is 2.30. The topological polar surface area (TPSA) is 43.8 Å². The number of halogens is 6. The van der Waals surface area contributed by atoms with Crippen LogP contribution >= 0.6 is 12.4 Å². The second-order valence-electron chi connectivity index (χ2n) is 5.66. The van der Waals surface area contributed by atoms with Crippen LogP contribution in [0.2, 0.25) is 0 Å². The van der Waals surface area contributed by atoms with Gasteiger partial charge in [0.2, 0.25) is 0 Å². The van der Waals surface area contributed by atoms with Crippen molar-refractivity contribution in [2.24, 2.45) is 5.73 Å². The first-order chi connectivity index (χ1) is 12.3. The van der Waals surface area contributed by atoms with Crippen molar-refractivity contribution in [2.75, 3.05) is 6.54 Å². The van der Waals surface area contributed by atoms with E-state index >= 15 is 0 Å². The molecule has 0 aliphatic heterocycles. The fourth-order valence-electron chi connectivity index (χ4n) is 2.69. The second kappa shape index (κ2) is 8.06. The van der Waals surface area contributed by atoms with Crippen LogP contribution in [0.3, 0.4) is 0 Å². The number of allylic oxidation sites excluding steroid dienone is 1. The molecule has 0 spiro atoms. The Bertz CT molecular complexity index is 979. The monoisotopic (exact) mass is 403 g/mol. The van der Waals surface area contributed by atoms with Gasteiger partial charge >= 0.3 is 6.18 Å². The summed E-state index contributed by atoms with van der Waals surface area (Å²) < 4.78 is 68.0. The first kappa shape index (κ1) is 20.9. The molecule has 3 rings (SSSR count). The van der Waals surface area contributed by atoms with Gasteiger partial charge in [-0.25, -0.2) is 13.8 Å². The molecule has 3 aromatic rings. The van der Waals surface area contributed by atoms with E-state index in [-0.39, 0.29) is 47.7 Å². The fourth-order valence-corrected chi connectivity index (χ4v) is 2.69. The summed E-state index contributed by atoms with van der Waals surface area (Å²) in [7, 11) is 0. The maximum Gasteiger partial charge on any atom is 0.416 e. The highest BCUT2D eigenvalue weighted by molar-refractivity contribution is 5.92. The van der Waals surface area contributed by atoms with Crippen molar-refractivity contribution in [2.45, 2.75) is 12.7 Å². The van der Waals surface area contributed by atoms with E-state index in [1.165, 1.54) is 29.1 Å². The molecule has 0 radical (unpaired) electrons. The van der Waals surface area contributed by atoms with Gasteiger partial charge in [0.15, 0.2) is 0 Å². The van der Waals surface area contributed by atoms with Gasteiger partial charge in [0, 0.05) is 12.1 Å². The molecule has 3 nitrogen and oxygen atoms in total. The van der Waals surface area contributed by atoms with Gasteiger partial charge in [-0.15, -0.1) is 12.4 Å². The number of hydrogen-bond acceptors (Lipinski definition) is 2. The number of benzene rings is 2. The van der Waals surface area contributed by atoms with E-state index in [2.05, 4.69) is 4.98 Å². The van der Waals surface area contributed by atoms with Crippen LogP contribution in [0.1, 0.15) is 5.56 Å². The van der Waals surface area contributed by atoms with E-state index in [0.717, 1.165) is 24.3 Å². The van der Waals surface area contributed by atoms with Crippen molar-refractivity contribution in [1.82, 2.24) is 9.55 Å². The molecule has 0 aliphatic carbocycles. The molecule has 144 valence electrons. The SMILES string of the molecule is Cl.NC/C=C(\F)Cn1cnc2c(-c3cccc(C(F)(F)F)c3)cc(F)cc21. The molecular formula is C18H15ClF5N3. The van der Waals surface area contributed by atoms with Crippen molar-refractivity contribution >= 4 is 23.4 Å². The maximum atomic E-state index is 14.1. The Hall–Kier alpha value is -2.45. The van der Waals surface area contributed by atoms with E-state index in [1.54, 1.807) is 0 Å². The summed E-state index contributed by atoms with van der Waals surface area (Å²) in [5.74, 6) is -1.17. The molecule has 0 amide bonds. The van der Waals surface area contributed by atoms with Gasteiger partial charge in [-0.05, 0) is 35.9 Å². The minimum absolute atomic E-state index is 0. The minimum atomic E-state index is -4.52. The number of nitrogens with two attached hydrogens (primary N) is 1. The fraction of sp³-hybridized carbons (Fsp3) is 0.167. The van der Waals surface area contributed by atoms with Gasteiger partial charge in [-0.2, -0.15) is 13.2 Å². The minimum Gasteiger partial charge on any atom is -0.327 e. The predicted octanol–water partition coefficient (Wildman–Crippen LogP) is 5.10. The Kier molecular flexibility index (Phi) is 6.22. The predicted molar refractivity (Wildman–Crippen MR) is 95.6 cm³/mol. The maximum absolute atomic E-state index is 14.1. The summed E-state index contributed by atoms with van der Waals surface area (Å²) in [6, 6.07) is 6.83. The molecule has 0 unspecified atom stereocenters. The van der Waals surface area contributed by atoms with Crippen LogP contribution in [0.5, 0.6) is 0 Å². The first-order valence-electron chi connectivity index (χ1n) is 7.66. The molecule has 0 atom stereocenters. The van der Waals surface area contributed by atoms with Crippen LogP contribution < -0.4 is 5.73 Å².